The average molecular weight is 297 g/mol. The van der Waals surface area contributed by atoms with Crippen LogP contribution in [0.2, 0.25) is 0 Å². The van der Waals surface area contributed by atoms with Gasteiger partial charge in [0, 0.05) is 25.2 Å². The molecule has 21 heavy (non-hydrogen) atoms. The minimum atomic E-state index is -1.09. The SMILES string of the molecule is CNC(=O)c1ccc(NCCOCC(=O)O)c([N+](=O)[O-])c1. The monoisotopic (exact) mass is 297 g/mol. The lowest BCUT2D eigenvalue weighted by atomic mass is 10.1. The number of benzene rings is 1. The Kier molecular flexibility index (Phi) is 6.08. The lowest BCUT2D eigenvalue weighted by molar-refractivity contribution is -0.384. The van der Waals surface area contributed by atoms with E-state index in [1.54, 1.807) is 0 Å². The van der Waals surface area contributed by atoms with Crippen LogP contribution in [0.25, 0.3) is 0 Å². The molecular formula is C12H15N3O6. The minimum Gasteiger partial charge on any atom is -0.480 e. The van der Waals surface area contributed by atoms with Crippen molar-refractivity contribution in [3.05, 3.63) is 33.9 Å². The Morgan fingerprint density at radius 1 is 1.43 bits per heavy atom. The third kappa shape index (κ3) is 5.07. The highest BCUT2D eigenvalue weighted by Crippen LogP contribution is 2.25. The largest absolute Gasteiger partial charge is 0.480 e. The zero-order valence-corrected chi connectivity index (χ0v) is 11.3. The van der Waals surface area contributed by atoms with Crippen molar-refractivity contribution in [2.75, 3.05) is 32.1 Å². The van der Waals surface area contributed by atoms with Gasteiger partial charge in [-0.3, -0.25) is 14.9 Å². The summed E-state index contributed by atoms with van der Waals surface area (Å²) in [5.41, 5.74) is 0.165. The molecule has 0 aliphatic carbocycles. The maximum Gasteiger partial charge on any atom is 0.329 e. The van der Waals surface area contributed by atoms with Gasteiger partial charge in [0.15, 0.2) is 0 Å². The van der Waals surface area contributed by atoms with Crippen LogP contribution in [-0.2, 0) is 9.53 Å². The molecule has 0 atom stereocenters. The van der Waals surface area contributed by atoms with Crippen molar-refractivity contribution in [3.8, 4) is 0 Å². The van der Waals surface area contributed by atoms with E-state index in [9.17, 15) is 19.7 Å². The van der Waals surface area contributed by atoms with Crippen molar-refractivity contribution in [3.63, 3.8) is 0 Å². The molecule has 9 heteroatoms. The van der Waals surface area contributed by atoms with Crippen LogP contribution >= 0.6 is 0 Å². The number of carbonyl (C=O) groups is 2. The zero-order chi connectivity index (χ0) is 15.8. The minimum absolute atomic E-state index is 0.0840. The molecule has 0 aromatic heterocycles. The maximum atomic E-state index is 11.4. The highest BCUT2D eigenvalue weighted by molar-refractivity contribution is 5.95. The van der Waals surface area contributed by atoms with Crippen LogP contribution in [0.5, 0.6) is 0 Å². The van der Waals surface area contributed by atoms with Gasteiger partial charge in [-0.25, -0.2) is 4.79 Å². The van der Waals surface area contributed by atoms with E-state index in [0.29, 0.717) is 0 Å². The van der Waals surface area contributed by atoms with Gasteiger partial charge in [-0.15, -0.1) is 0 Å². The van der Waals surface area contributed by atoms with Crippen molar-refractivity contribution >= 4 is 23.3 Å². The van der Waals surface area contributed by atoms with Crippen LogP contribution in [0.15, 0.2) is 18.2 Å². The lowest BCUT2D eigenvalue weighted by Gasteiger charge is -2.08. The van der Waals surface area contributed by atoms with Crippen molar-refractivity contribution in [1.82, 2.24) is 5.32 Å². The van der Waals surface area contributed by atoms with E-state index in [1.165, 1.54) is 25.2 Å². The molecule has 1 aromatic carbocycles. The van der Waals surface area contributed by atoms with Gasteiger partial charge in [-0.05, 0) is 12.1 Å². The molecule has 1 aromatic rings. The standard InChI is InChI=1S/C12H15N3O6/c1-13-12(18)8-2-3-9(10(6-8)15(19)20)14-4-5-21-7-11(16)17/h2-3,6,14H,4-5,7H2,1H3,(H,13,18)(H,16,17). The topological polar surface area (TPSA) is 131 Å². The number of carboxylic acids is 1. The second-order valence-corrected chi connectivity index (χ2v) is 3.94. The van der Waals surface area contributed by atoms with Gasteiger partial charge < -0.3 is 20.5 Å². The van der Waals surface area contributed by atoms with Crippen LogP contribution in [0.4, 0.5) is 11.4 Å². The number of hydrogen-bond donors (Lipinski definition) is 3. The third-order valence-electron chi connectivity index (χ3n) is 2.47. The molecule has 1 amide bonds. The van der Waals surface area contributed by atoms with Crippen molar-refractivity contribution < 1.29 is 24.4 Å². The van der Waals surface area contributed by atoms with E-state index >= 15 is 0 Å². The number of carbonyl (C=O) groups excluding carboxylic acids is 1. The normalized spacial score (nSPS) is 9.95. The number of amides is 1. The fraction of sp³-hybridized carbons (Fsp3) is 0.333. The molecule has 0 radical (unpaired) electrons. The van der Waals surface area contributed by atoms with Crippen molar-refractivity contribution in [2.45, 2.75) is 0 Å². The van der Waals surface area contributed by atoms with E-state index in [1.807, 2.05) is 0 Å². The van der Waals surface area contributed by atoms with E-state index in [0.717, 1.165) is 0 Å². The van der Waals surface area contributed by atoms with E-state index < -0.39 is 23.4 Å². The summed E-state index contributed by atoms with van der Waals surface area (Å²) < 4.78 is 4.80. The van der Waals surface area contributed by atoms with Crippen LogP contribution in [-0.4, -0.2) is 48.7 Å². The first kappa shape index (κ1) is 16.4. The maximum absolute atomic E-state index is 11.4. The van der Waals surface area contributed by atoms with Crippen molar-refractivity contribution in [1.29, 1.82) is 0 Å². The zero-order valence-electron chi connectivity index (χ0n) is 11.3. The summed E-state index contributed by atoms with van der Waals surface area (Å²) in [5.74, 6) is -1.51. The fourth-order valence-electron chi connectivity index (χ4n) is 1.54. The Bertz CT molecular complexity index is 546. The van der Waals surface area contributed by atoms with Crippen LogP contribution < -0.4 is 10.6 Å². The molecule has 0 spiro atoms. The second kappa shape index (κ2) is 7.80. The summed E-state index contributed by atoms with van der Waals surface area (Å²) in [6.45, 7) is -0.145. The van der Waals surface area contributed by atoms with Crippen LogP contribution in [0, 0.1) is 10.1 Å². The summed E-state index contributed by atoms with van der Waals surface area (Å²) in [7, 11) is 1.43. The fourth-order valence-corrected chi connectivity index (χ4v) is 1.54. The predicted molar refractivity (Wildman–Crippen MR) is 73.4 cm³/mol. The Balaban J connectivity index is 2.71. The molecule has 0 bridgehead atoms. The van der Waals surface area contributed by atoms with Gasteiger partial charge in [-0.1, -0.05) is 0 Å². The molecule has 1 rings (SSSR count). The van der Waals surface area contributed by atoms with E-state index in [-0.39, 0.29) is 30.1 Å². The number of nitro benzene ring substituents is 1. The highest BCUT2D eigenvalue weighted by Gasteiger charge is 2.16. The summed E-state index contributed by atoms with van der Waals surface area (Å²) in [6, 6.07) is 4.03. The van der Waals surface area contributed by atoms with Gasteiger partial charge in [0.05, 0.1) is 11.5 Å². The molecule has 0 aliphatic heterocycles. The van der Waals surface area contributed by atoms with Crippen molar-refractivity contribution in [2.24, 2.45) is 0 Å². The number of anilines is 1. The second-order valence-electron chi connectivity index (χ2n) is 3.94. The molecular weight excluding hydrogens is 282 g/mol. The first-order chi connectivity index (χ1) is 9.95. The summed E-state index contributed by atoms with van der Waals surface area (Å²) in [6.07, 6.45) is 0. The molecule has 0 unspecified atom stereocenters. The average Bonchev–Trinajstić information content (AvgIpc) is 2.45. The van der Waals surface area contributed by atoms with Gasteiger partial charge in [0.25, 0.3) is 11.6 Å². The molecule has 114 valence electrons. The van der Waals surface area contributed by atoms with Gasteiger partial charge >= 0.3 is 5.97 Å². The highest BCUT2D eigenvalue weighted by atomic mass is 16.6. The van der Waals surface area contributed by atoms with Gasteiger partial charge in [0.1, 0.15) is 12.3 Å². The number of nitro groups is 1. The Morgan fingerprint density at radius 2 is 2.14 bits per heavy atom. The molecule has 3 N–H and O–H groups in total. The Hall–Kier alpha value is -2.68. The van der Waals surface area contributed by atoms with Gasteiger partial charge in [0.2, 0.25) is 0 Å². The summed E-state index contributed by atoms with van der Waals surface area (Å²) in [4.78, 5) is 32.0. The Morgan fingerprint density at radius 3 is 2.71 bits per heavy atom. The number of nitrogens with one attached hydrogen (secondary N) is 2. The number of aliphatic carboxylic acids is 1. The van der Waals surface area contributed by atoms with E-state index in [2.05, 4.69) is 10.6 Å². The third-order valence-corrected chi connectivity index (χ3v) is 2.47. The lowest BCUT2D eigenvalue weighted by Crippen LogP contribution is -2.18. The smallest absolute Gasteiger partial charge is 0.329 e. The molecule has 0 heterocycles. The molecule has 0 saturated heterocycles. The molecule has 0 aliphatic rings. The number of nitrogens with zero attached hydrogens (tertiary/aromatic N) is 1. The number of carboxylic acid groups (broad SMARTS) is 1. The summed E-state index contributed by atoms with van der Waals surface area (Å²) >= 11 is 0. The number of hydrogen-bond acceptors (Lipinski definition) is 6. The molecule has 0 fully saturated rings. The summed E-state index contributed by atoms with van der Waals surface area (Å²) in [5, 5.41) is 24.5. The van der Waals surface area contributed by atoms with Gasteiger partial charge in [-0.2, -0.15) is 0 Å². The molecule has 0 saturated carbocycles. The van der Waals surface area contributed by atoms with Crippen LogP contribution in [0.3, 0.4) is 0 Å². The predicted octanol–water partition coefficient (Wildman–Crippen LogP) is 0.467. The first-order valence-corrected chi connectivity index (χ1v) is 5.99. The Labute approximate surface area is 120 Å². The first-order valence-electron chi connectivity index (χ1n) is 5.99. The van der Waals surface area contributed by atoms with E-state index in [4.69, 9.17) is 9.84 Å². The van der Waals surface area contributed by atoms with Crippen LogP contribution in [0.1, 0.15) is 10.4 Å². The quantitative estimate of drug-likeness (QED) is 0.361. The number of rotatable bonds is 8. The molecule has 9 nitrogen and oxygen atoms in total. The number of ether oxygens (including phenoxy) is 1.